The van der Waals surface area contributed by atoms with Gasteiger partial charge in [-0.3, -0.25) is 0 Å². The van der Waals surface area contributed by atoms with Crippen LogP contribution in [0.2, 0.25) is 0 Å². The highest BCUT2D eigenvalue weighted by molar-refractivity contribution is 14.2. The van der Waals surface area contributed by atoms with Gasteiger partial charge in [-0.25, -0.2) is 4.76 Å². The molecule has 2 nitrogen and oxygen atoms in total. The fraction of sp³-hybridized carbons (Fsp3) is 0.500. The lowest BCUT2D eigenvalue weighted by Gasteiger charge is -1.93. The molecule has 52 valence electrons. The second-order valence-electron chi connectivity index (χ2n) is 1.06. The normalized spacial score (nSPS) is 14.4. The van der Waals surface area contributed by atoms with Gasteiger partial charge in [-0.2, -0.15) is 0 Å². The molecule has 1 unspecified atom stereocenters. The van der Waals surface area contributed by atoms with Gasteiger partial charge >= 0.3 is 0 Å². The predicted molar refractivity (Wildman–Crippen MR) is 55.1 cm³/mol. The minimum atomic E-state index is -0.314. The van der Waals surface area contributed by atoms with Crippen molar-refractivity contribution in [2.75, 3.05) is 6.61 Å². The van der Waals surface area contributed by atoms with Crippen LogP contribution in [0.4, 0.5) is 0 Å². The van der Waals surface area contributed by atoms with E-state index < -0.39 is 0 Å². The third-order valence-electron chi connectivity index (χ3n) is 0.500. The summed E-state index contributed by atoms with van der Waals surface area (Å²) < 4.78 is 8.96. The number of hydrogen-bond acceptors (Lipinski definition) is 2. The van der Waals surface area contributed by atoms with Crippen LogP contribution in [0, 0.1) is 0 Å². The van der Waals surface area contributed by atoms with Crippen LogP contribution in [0.5, 0.6) is 0 Å². The van der Waals surface area contributed by atoms with E-state index in [9.17, 15) is 0 Å². The van der Waals surface area contributed by atoms with Crippen LogP contribution in [-0.2, 0) is 4.74 Å². The average Bonchev–Trinajstić information content (AvgIpc) is 1.89. The maximum Gasteiger partial charge on any atom is 0.174 e. The molecule has 0 aromatic rings. The molecule has 0 aromatic heterocycles. The minimum absolute atomic E-state index is 0.314. The third-order valence-corrected chi connectivity index (χ3v) is 5.52. The summed E-state index contributed by atoms with van der Waals surface area (Å²) >= 11 is 2.26. The van der Waals surface area contributed by atoms with Crippen LogP contribution in [0.3, 0.4) is 0 Å². The second-order valence-corrected chi connectivity index (χ2v) is 9.07. The first kappa shape index (κ1) is 9.80. The Morgan fingerprint density at radius 2 is 2.67 bits per heavy atom. The molecule has 0 rings (SSSR count). The van der Waals surface area contributed by atoms with Crippen molar-refractivity contribution in [3.8, 4) is 0 Å². The van der Waals surface area contributed by atoms with Crippen molar-refractivity contribution < 1.29 is 4.74 Å². The SMILES string of the molecule is C=PP(I)N=COCC. The summed E-state index contributed by atoms with van der Waals surface area (Å²) in [7, 11) is 1.08. The number of nitrogens with zero attached hydrogens (tertiary/aromatic N) is 1. The van der Waals surface area contributed by atoms with E-state index in [1.807, 2.05) is 6.92 Å². The van der Waals surface area contributed by atoms with E-state index >= 15 is 0 Å². The standard InChI is InChI=1S/C4H8INOP2/c1-3-7-4-6-9(5)8-2/h4H,2-3H2,1H3. The van der Waals surface area contributed by atoms with Crippen LogP contribution < -0.4 is 0 Å². The maximum absolute atomic E-state index is 4.89. The van der Waals surface area contributed by atoms with Gasteiger partial charge in [0.1, 0.15) is 5.40 Å². The van der Waals surface area contributed by atoms with Gasteiger partial charge in [0.25, 0.3) is 0 Å². The van der Waals surface area contributed by atoms with Gasteiger partial charge in [0, 0.05) is 0 Å². The Morgan fingerprint density at radius 3 is 3.11 bits per heavy atom. The molecule has 0 amide bonds. The molecule has 0 fully saturated rings. The number of ether oxygens (including phenoxy) is 1. The smallest absolute Gasteiger partial charge is 0.174 e. The fourth-order valence-electron chi connectivity index (χ4n) is 0.183. The maximum atomic E-state index is 4.89. The number of hydrogen-bond donors (Lipinski definition) is 0. The Morgan fingerprint density at radius 1 is 2.00 bits per heavy atom. The van der Waals surface area contributed by atoms with Crippen molar-refractivity contribution in [2.24, 2.45) is 4.76 Å². The highest BCUT2D eigenvalue weighted by Gasteiger charge is 1.88. The Balaban J connectivity index is 3.31. The molecule has 0 heterocycles. The van der Waals surface area contributed by atoms with Crippen molar-refractivity contribution in [2.45, 2.75) is 6.92 Å². The molecule has 0 saturated heterocycles. The third kappa shape index (κ3) is 6.69. The van der Waals surface area contributed by atoms with E-state index in [4.69, 9.17) is 4.74 Å². The molecule has 5 heteroatoms. The summed E-state index contributed by atoms with van der Waals surface area (Å²) in [5.74, 6) is 0. The van der Waals surface area contributed by atoms with Gasteiger partial charge in [0.05, 0.1) is 6.61 Å². The number of halogens is 1. The molecule has 1 atom stereocenters. The van der Waals surface area contributed by atoms with Gasteiger partial charge < -0.3 is 4.74 Å². The molecular formula is C4H8INOP2. The molecule has 0 bridgehead atoms. The van der Waals surface area contributed by atoms with Crippen molar-refractivity contribution in [3.63, 3.8) is 0 Å². The van der Waals surface area contributed by atoms with E-state index in [0.29, 0.717) is 6.61 Å². The second kappa shape index (κ2) is 6.91. The lowest BCUT2D eigenvalue weighted by Crippen LogP contribution is -1.81. The van der Waals surface area contributed by atoms with Crippen molar-refractivity contribution >= 4 is 48.0 Å². The highest BCUT2D eigenvalue weighted by atomic mass is 127. The molecule has 0 radical (unpaired) electrons. The molecular weight excluding hydrogens is 267 g/mol. The summed E-state index contributed by atoms with van der Waals surface area (Å²) in [5, 5.41) is -0.314. The van der Waals surface area contributed by atoms with Crippen molar-refractivity contribution in [3.05, 3.63) is 0 Å². The molecule has 0 aliphatic carbocycles. The molecule has 0 saturated carbocycles. The molecule has 0 N–H and O–H groups in total. The molecule has 9 heavy (non-hydrogen) atoms. The van der Waals surface area contributed by atoms with Crippen LogP contribution in [-0.4, -0.2) is 19.3 Å². The monoisotopic (exact) mass is 275 g/mol. The average molecular weight is 275 g/mol. The zero-order valence-electron chi connectivity index (χ0n) is 5.12. The first-order chi connectivity index (χ1) is 4.31. The van der Waals surface area contributed by atoms with Crippen LogP contribution in [0.1, 0.15) is 6.92 Å². The first-order valence-corrected chi connectivity index (χ1v) is 8.24. The molecule has 0 aliphatic rings. The Bertz CT molecular complexity index is 109. The molecule has 0 spiro atoms. The van der Waals surface area contributed by atoms with Crippen LogP contribution in [0.15, 0.2) is 4.76 Å². The predicted octanol–water partition coefficient (Wildman–Crippen LogP) is 3.09. The van der Waals surface area contributed by atoms with Gasteiger partial charge in [-0.05, 0) is 36.9 Å². The summed E-state index contributed by atoms with van der Waals surface area (Å²) in [6.07, 6.45) is 5.20. The van der Waals surface area contributed by atoms with Gasteiger partial charge in [0.2, 0.25) is 0 Å². The van der Waals surface area contributed by atoms with Crippen LogP contribution in [0.25, 0.3) is 0 Å². The summed E-state index contributed by atoms with van der Waals surface area (Å²) in [4.78, 5) is 0. The zero-order chi connectivity index (χ0) is 7.11. The van der Waals surface area contributed by atoms with Gasteiger partial charge in [0.15, 0.2) is 6.40 Å². The van der Waals surface area contributed by atoms with E-state index in [-0.39, 0.29) is 5.40 Å². The summed E-state index contributed by atoms with van der Waals surface area (Å²) in [6.45, 7) is 2.63. The molecule has 0 aliphatic heterocycles. The highest BCUT2D eigenvalue weighted by Crippen LogP contribution is 2.57. The lowest BCUT2D eigenvalue weighted by molar-refractivity contribution is 0.345. The summed E-state index contributed by atoms with van der Waals surface area (Å²) in [6, 6.07) is 0. The first-order valence-electron chi connectivity index (χ1n) is 2.37. The Hall–Kier alpha value is 0.800. The van der Waals surface area contributed by atoms with E-state index in [0.717, 1.165) is 7.89 Å². The fourth-order valence-corrected chi connectivity index (χ4v) is 1.05. The minimum Gasteiger partial charge on any atom is -0.483 e. The Labute approximate surface area is 71.1 Å². The Kier molecular flexibility index (Phi) is 7.53. The van der Waals surface area contributed by atoms with Crippen LogP contribution >= 0.6 is 35.3 Å². The topological polar surface area (TPSA) is 21.6 Å². The lowest BCUT2D eigenvalue weighted by atomic mass is 10.9. The van der Waals surface area contributed by atoms with E-state index in [1.54, 1.807) is 0 Å². The van der Waals surface area contributed by atoms with Crippen molar-refractivity contribution in [1.82, 2.24) is 0 Å². The molecule has 0 aromatic carbocycles. The van der Waals surface area contributed by atoms with Gasteiger partial charge in [-0.15, -0.1) is 0 Å². The quantitative estimate of drug-likeness (QED) is 0.334. The van der Waals surface area contributed by atoms with E-state index in [2.05, 4.69) is 33.1 Å². The summed E-state index contributed by atoms with van der Waals surface area (Å²) in [5.41, 5.74) is 0. The largest absolute Gasteiger partial charge is 0.483 e. The van der Waals surface area contributed by atoms with Crippen molar-refractivity contribution in [1.29, 1.82) is 0 Å². The van der Waals surface area contributed by atoms with Gasteiger partial charge in [-0.1, -0.05) is 6.30 Å². The van der Waals surface area contributed by atoms with E-state index in [1.165, 1.54) is 6.40 Å². The number of rotatable bonds is 4. The zero-order valence-corrected chi connectivity index (χ0v) is 9.07.